The van der Waals surface area contributed by atoms with Crippen LogP contribution in [0.4, 0.5) is 5.69 Å². The van der Waals surface area contributed by atoms with Crippen molar-refractivity contribution >= 4 is 38.3 Å². The van der Waals surface area contributed by atoms with Crippen molar-refractivity contribution in [1.82, 2.24) is 10.2 Å². The first-order valence-corrected chi connectivity index (χ1v) is 13.5. The minimum atomic E-state index is -3.79. The molecule has 3 rings (SSSR count). The maximum atomic E-state index is 13.7. The van der Waals surface area contributed by atoms with E-state index < -0.39 is 28.5 Å². The minimum Gasteiger partial charge on any atom is -0.354 e. The summed E-state index contributed by atoms with van der Waals surface area (Å²) in [5.41, 5.74) is 2.33. The predicted molar refractivity (Wildman–Crippen MR) is 141 cm³/mol. The van der Waals surface area contributed by atoms with Gasteiger partial charge in [-0.2, -0.15) is 0 Å². The number of amides is 2. The lowest BCUT2D eigenvalue weighted by molar-refractivity contribution is -0.139. The third-order valence-corrected chi connectivity index (χ3v) is 6.99. The van der Waals surface area contributed by atoms with E-state index in [0.717, 1.165) is 38.9 Å². The topological polar surface area (TPSA) is 86.8 Å². The Morgan fingerprint density at radius 3 is 2.37 bits per heavy atom. The number of anilines is 1. The molecule has 1 N–H and O–H groups in total. The maximum absolute atomic E-state index is 13.7. The predicted octanol–water partition coefficient (Wildman–Crippen LogP) is 3.86. The van der Waals surface area contributed by atoms with Crippen molar-refractivity contribution < 1.29 is 18.0 Å². The molecule has 0 radical (unpaired) electrons. The molecule has 0 fully saturated rings. The number of carbonyl (C=O) groups is 2. The molecule has 7 nitrogen and oxygen atoms in total. The molecule has 0 bridgehead atoms. The van der Waals surface area contributed by atoms with Gasteiger partial charge in [0.1, 0.15) is 12.6 Å². The molecule has 3 aromatic rings. The minimum absolute atomic E-state index is 0.189. The van der Waals surface area contributed by atoms with Gasteiger partial charge in [0.25, 0.3) is 0 Å². The Kier molecular flexibility index (Phi) is 8.51. The van der Waals surface area contributed by atoms with Crippen LogP contribution in [0.25, 0.3) is 10.8 Å². The number of fused-ring (bicyclic) bond motifs is 1. The van der Waals surface area contributed by atoms with Crippen molar-refractivity contribution in [3.05, 3.63) is 77.9 Å². The molecule has 0 unspecified atom stereocenters. The zero-order valence-electron chi connectivity index (χ0n) is 20.7. The summed E-state index contributed by atoms with van der Waals surface area (Å²) in [6.45, 7) is 5.86. The van der Waals surface area contributed by atoms with E-state index in [9.17, 15) is 18.0 Å². The molecule has 0 aliphatic heterocycles. The first-order chi connectivity index (χ1) is 16.6. The number of hydrogen-bond donors (Lipinski definition) is 1. The van der Waals surface area contributed by atoms with Crippen molar-refractivity contribution in [2.45, 2.75) is 39.8 Å². The smallest absolute Gasteiger partial charge is 0.244 e. The van der Waals surface area contributed by atoms with Gasteiger partial charge in [0.2, 0.25) is 21.8 Å². The fourth-order valence-electron chi connectivity index (χ4n) is 4.01. The van der Waals surface area contributed by atoms with E-state index in [1.807, 2.05) is 68.4 Å². The van der Waals surface area contributed by atoms with E-state index in [1.54, 1.807) is 19.1 Å². The van der Waals surface area contributed by atoms with E-state index in [2.05, 4.69) is 5.32 Å². The molecule has 0 saturated heterocycles. The molecule has 2 amide bonds. The van der Waals surface area contributed by atoms with Crippen LogP contribution in [-0.4, -0.2) is 50.5 Å². The largest absolute Gasteiger partial charge is 0.354 e. The molecule has 0 spiro atoms. The van der Waals surface area contributed by atoms with Crippen LogP contribution in [0, 0.1) is 6.92 Å². The number of aryl methyl sites for hydroxylation is 1. The number of rotatable bonds is 10. The second-order valence-electron chi connectivity index (χ2n) is 8.75. The zero-order chi connectivity index (χ0) is 25.6. The highest BCUT2D eigenvalue weighted by Gasteiger charge is 2.30. The number of benzene rings is 3. The molecule has 0 aliphatic rings. The summed E-state index contributed by atoms with van der Waals surface area (Å²) in [4.78, 5) is 27.9. The third-order valence-electron chi connectivity index (χ3n) is 5.87. The van der Waals surface area contributed by atoms with Crippen LogP contribution in [0.5, 0.6) is 0 Å². The molecule has 8 heteroatoms. The fourth-order valence-corrected chi connectivity index (χ4v) is 4.87. The van der Waals surface area contributed by atoms with Crippen LogP contribution in [0.1, 0.15) is 31.4 Å². The summed E-state index contributed by atoms with van der Waals surface area (Å²) in [7, 11) is -3.79. The van der Waals surface area contributed by atoms with Crippen LogP contribution in [0.15, 0.2) is 66.7 Å². The summed E-state index contributed by atoms with van der Waals surface area (Å²) in [6, 6.07) is 19.7. The molecule has 0 heterocycles. The molecule has 35 heavy (non-hydrogen) atoms. The van der Waals surface area contributed by atoms with Gasteiger partial charge in [-0.25, -0.2) is 8.42 Å². The summed E-state index contributed by atoms with van der Waals surface area (Å²) >= 11 is 0. The lowest BCUT2D eigenvalue weighted by atomic mass is 10.1. The Morgan fingerprint density at radius 1 is 1.00 bits per heavy atom. The summed E-state index contributed by atoms with van der Waals surface area (Å²) in [5, 5.41) is 4.44. The van der Waals surface area contributed by atoms with Gasteiger partial charge in [0.05, 0.1) is 11.9 Å². The molecular weight excluding hydrogens is 462 g/mol. The van der Waals surface area contributed by atoms with Crippen molar-refractivity contribution in [2.75, 3.05) is 23.7 Å². The normalized spacial score (nSPS) is 12.2. The Balaban J connectivity index is 1.98. The van der Waals surface area contributed by atoms with Gasteiger partial charge in [0, 0.05) is 18.5 Å². The Hall–Kier alpha value is -3.39. The molecule has 3 aromatic carbocycles. The number of sulfonamides is 1. The summed E-state index contributed by atoms with van der Waals surface area (Å²) in [5.74, 6) is -0.729. The summed E-state index contributed by atoms with van der Waals surface area (Å²) < 4.78 is 26.8. The number of nitrogens with one attached hydrogen (secondary N) is 1. The van der Waals surface area contributed by atoms with Crippen LogP contribution < -0.4 is 9.62 Å². The first kappa shape index (κ1) is 26.2. The van der Waals surface area contributed by atoms with Gasteiger partial charge < -0.3 is 10.2 Å². The van der Waals surface area contributed by atoms with Gasteiger partial charge in [-0.05, 0) is 37.3 Å². The van der Waals surface area contributed by atoms with Gasteiger partial charge >= 0.3 is 0 Å². The highest BCUT2D eigenvalue weighted by molar-refractivity contribution is 7.92. The second-order valence-corrected chi connectivity index (χ2v) is 10.7. The van der Waals surface area contributed by atoms with Crippen LogP contribution in [0.3, 0.4) is 0 Å². The highest BCUT2D eigenvalue weighted by atomic mass is 32.2. The molecule has 186 valence electrons. The monoisotopic (exact) mass is 495 g/mol. The van der Waals surface area contributed by atoms with Gasteiger partial charge in [-0.1, -0.05) is 73.2 Å². The van der Waals surface area contributed by atoms with Crippen LogP contribution in [-0.2, 0) is 26.2 Å². The lowest BCUT2D eigenvalue weighted by Gasteiger charge is -2.32. The second kappa shape index (κ2) is 11.4. The Morgan fingerprint density at radius 2 is 1.69 bits per heavy atom. The lowest BCUT2D eigenvalue weighted by Crippen LogP contribution is -2.51. The molecule has 0 aliphatic carbocycles. The van der Waals surface area contributed by atoms with Crippen molar-refractivity contribution in [3.8, 4) is 0 Å². The maximum Gasteiger partial charge on any atom is 0.244 e. The average Bonchev–Trinajstić information content (AvgIpc) is 2.83. The number of hydrogen-bond acceptors (Lipinski definition) is 4. The molecule has 0 aromatic heterocycles. The van der Waals surface area contributed by atoms with E-state index in [0.29, 0.717) is 12.2 Å². The molecular formula is C27H33N3O4S. The van der Waals surface area contributed by atoms with E-state index in [1.165, 1.54) is 4.90 Å². The van der Waals surface area contributed by atoms with E-state index >= 15 is 0 Å². The fraction of sp³-hybridized carbons (Fsp3) is 0.333. The third kappa shape index (κ3) is 6.60. The van der Waals surface area contributed by atoms with E-state index in [4.69, 9.17) is 0 Å². The van der Waals surface area contributed by atoms with Crippen molar-refractivity contribution in [3.63, 3.8) is 0 Å². The van der Waals surface area contributed by atoms with E-state index in [-0.39, 0.29) is 12.5 Å². The Bertz CT molecular complexity index is 1300. The van der Waals surface area contributed by atoms with Crippen molar-refractivity contribution in [1.29, 1.82) is 0 Å². The SMILES string of the molecule is CCCNC(=O)[C@@H](C)N(Cc1cccc(C)c1)C(=O)CN(c1cccc2ccccc12)S(C)(=O)=O. The number of nitrogens with zero attached hydrogens (tertiary/aromatic N) is 2. The average molecular weight is 496 g/mol. The van der Waals surface area contributed by atoms with Gasteiger partial charge in [-0.3, -0.25) is 13.9 Å². The number of carbonyl (C=O) groups excluding carboxylic acids is 2. The first-order valence-electron chi connectivity index (χ1n) is 11.7. The summed E-state index contributed by atoms with van der Waals surface area (Å²) in [6.07, 6.45) is 1.86. The van der Waals surface area contributed by atoms with Gasteiger partial charge in [0.15, 0.2) is 0 Å². The molecule has 0 saturated carbocycles. The van der Waals surface area contributed by atoms with Crippen LogP contribution in [0.2, 0.25) is 0 Å². The van der Waals surface area contributed by atoms with Gasteiger partial charge in [-0.15, -0.1) is 0 Å². The zero-order valence-corrected chi connectivity index (χ0v) is 21.5. The molecule has 1 atom stereocenters. The van der Waals surface area contributed by atoms with Crippen LogP contribution >= 0.6 is 0 Å². The Labute approximate surface area is 207 Å². The standard InChI is InChI=1S/C27H33N3O4S/c1-5-16-28-27(32)21(3)29(18-22-11-8-10-20(2)17-22)26(31)19-30(35(4,33)34)25-15-9-13-23-12-6-7-14-24(23)25/h6-15,17,21H,5,16,18-19H2,1-4H3,(H,28,32)/t21-/m1/s1. The quantitative estimate of drug-likeness (QED) is 0.463. The highest BCUT2D eigenvalue weighted by Crippen LogP contribution is 2.28. The van der Waals surface area contributed by atoms with Crippen molar-refractivity contribution in [2.24, 2.45) is 0 Å².